The zero-order chi connectivity index (χ0) is 38.3. The van der Waals surface area contributed by atoms with Crippen molar-refractivity contribution in [3.8, 4) is 0 Å². The summed E-state index contributed by atoms with van der Waals surface area (Å²) in [6.45, 7) is 7.94. The molecule has 5 aliphatic rings. The first-order chi connectivity index (χ1) is 24.7. The van der Waals surface area contributed by atoms with Crippen LogP contribution in [0.25, 0.3) is 0 Å². The third-order valence-corrected chi connectivity index (χ3v) is 15.4. The van der Waals surface area contributed by atoms with E-state index in [4.69, 9.17) is 0 Å². The van der Waals surface area contributed by atoms with Gasteiger partial charge in [-0.3, -0.25) is 0 Å². The van der Waals surface area contributed by atoms with Gasteiger partial charge in [-0.1, -0.05) is 53.4 Å². The van der Waals surface area contributed by atoms with E-state index in [1.165, 1.54) is 0 Å². The highest BCUT2D eigenvalue weighted by Gasteiger charge is 2.59. The number of rotatable bonds is 8. The number of fused-ring (bicyclic) bond motifs is 8. The second kappa shape index (κ2) is 17.8. The van der Waals surface area contributed by atoms with Crippen molar-refractivity contribution < 1.29 is 61.3 Å². The molecule has 304 valence electrons. The molecular formula is C40H72O12. The molecule has 16 atom stereocenters. The Morgan fingerprint density at radius 3 is 0.500 bits per heavy atom. The molecule has 5 fully saturated rings. The number of aliphatic hydroxyl groups excluding tert-OH is 12. The van der Waals surface area contributed by atoms with Crippen LogP contribution in [0, 0.1) is 71.0 Å². The van der Waals surface area contributed by atoms with E-state index in [0.717, 1.165) is 0 Å². The molecule has 0 amide bonds. The van der Waals surface area contributed by atoms with Crippen LogP contribution in [0.15, 0.2) is 0 Å². The molecule has 12 nitrogen and oxygen atoms in total. The standard InChI is InChI=1S/C40H72O12/c1-5-9-17-21-13-23(31(43)37(49)29(21)41)18(10-6-2)25-15-27(35(47)39(51)33(25)45)20(12-8-4)28-16-26(34(46)40(52)36(28)48)19(11-7-3)24-14-22(17)30(42)38(50)32(24)44/h17-52H,5-16H2,1-4H3. The second-order valence-electron chi connectivity index (χ2n) is 18.0. The summed E-state index contributed by atoms with van der Waals surface area (Å²) in [6, 6.07) is 0. The highest BCUT2D eigenvalue weighted by Crippen LogP contribution is 2.55. The first-order valence-corrected chi connectivity index (χ1v) is 20.8. The Labute approximate surface area is 309 Å². The molecule has 0 heterocycles. The Hall–Kier alpha value is -0.480. The fourth-order valence-corrected chi connectivity index (χ4v) is 12.9. The van der Waals surface area contributed by atoms with Crippen LogP contribution in [0.3, 0.4) is 0 Å². The van der Waals surface area contributed by atoms with Crippen molar-refractivity contribution in [3.63, 3.8) is 0 Å². The largest absolute Gasteiger partial charge is 0.390 e. The van der Waals surface area contributed by atoms with Crippen molar-refractivity contribution in [1.29, 1.82) is 0 Å². The molecule has 5 saturated carbocycles. The number of aliphatic hydroxyl groups is 12. The zero-order valence-corrected chi connectivity index (χ0v) is 31.7. The molecule has 12 N–H and O–H groups in total. The highest BCUT2D eigenvalue weighted by molar-refractivity contribution is 5.08. The third-order valence-electron chi connectivity index (χ3n) is 15.4. The molecular weight excluding hydrogens is 672 g/mol. The van der Waals surface area contributed by atoms with Crippen LogP contribution >= 0.6 is 0 Å². The predicted octanol–water partition coefficient (Wildman–Crippen LogP) is 0.540. The second-order valence-corrected chi connectivity index (χ2v) is 18.0. The average molecular weight is 745 g/mol. The lowest BCUT2D eigenvalue weighted by atomic mass is 9.53. The van der Waals surface area contributed by atoms with Crippen molar-refractivity contribution in [2.24, 2.45) is 71.0 Å². The van der Waals surface area contributed by atoms with Crippen molar-refractivity contribution in [2.75, 3.05) is 0 Å². The molecule has 0 aromatic heterocycles. The third kappa shape index (κ3) is 7.64. The Kier molecular flexibility index (Phi) is 14.6. The van der Waals surface area contributed by atoms with Crippen molar-refractivity contribution in [3.05, 3.63) is 0 Å². The van der Waals surface area contributed by atoms with Crippen molar-refractivity contribution in [1.82, 2.24) is 0 Å². The molecule has 12 heteroatoms. The van der Waals surface area contributed by atoms with Crippen LogP contribution in [-0.2, 0) is 0 Å². The van der Waals surface area contributed by atoms with Gasteiger partial charge in [0.05, 0.1) is 48.8 Å². The van der Waals surface area contributed by atoms with E-state index in [0.29, 0.717) is 51.4 Å². The minimum atomic E-state index is -1.52. The quantitative estimate of drug-likeness (QED) is 0.163. The Morgan fingerprint density at radius 2 is 0.385 bits per heavy atom. The normalized spacial score (nSPS) is 54.5. The van der Waals surface area contributed by atoms with Gasteiger partial charge in [-0.15, -0.1) is 0 Å². The molecule has 5 aliphatic carbocycles. The Bertz CT molecular complexity index is 882. The smallest absolute Gasteiger partial charge is 0.106 e. The van der Waals surface area contributed by atoms with Gasteiger partial charge in [-0.05, 0) is 122 Å². The van der Waals surface area contributed by atoms with E-state index in [-0.39, 0.29) is 25.7 Å². The maximum Gasteiger partial charge on any atom is 0.106 e. The van der Waals surface area contributed by atoms with Gasteiger partial charge in [-0.25, -0.2) is 0 Å². The first-order valence-electron chi connectivity index (χ1n) is 20.8. The van der Waals surface area contributed by atoms with Crippen LogP contribution in [-0.4, -0.2) is 135 Å². The van der Waals surface area contributed by atoms with Crippen LogP contribution in [0.5, 0.6) is 0 Å². The SMILES string of the molecule is CCCC1C2CC(C(O)C(O)C2O)C(CCC)C2CC(C(O)C(O)C2O)C(CCC)C2CC(C(O)C(O)C2O)C(CCC)C2CC1C(O)C(O)C2O. The van der Waals surface area contributed by atoms with Crippen LogP contribution < -0.4 is 0 Å². The van der Waals surface area contributed by atoms with E-state index in [2.05, 4.69) is 0 Å². The molecule has 8 bridgehead atoms. The predicted molar refractivity (Wildman–Crippen MR) is 192 cm³/mol. The molecule has 0 aliphatic heterocycles. The first kappa shape index (κ1) is 42.7. The van der Waals surface area contributed by atoms with Gasteiger partial charge in [0.1, 0.15) is 24.4 Å². The molecule has 0 saturated heterocycles. The summed E-state index contributed by atoms with van der Waals surface area (Å²) in [6.07, 6.45) is -11.0. The maximum absolute atomic E-state index is 11.7. The van der Waals surface area contributed by atoms with Gasteiger partial charge in [-0.2, -0.15) is 0 Å². The maximum atomic E-state index is 11.7. The van der Waals surface area contributed by atoms with Gasteiger partial charge in [0, 0.05) is 0 Å². The lowest BCUT2D eigenvalue weighted by molar-refractivity contribution is -0.217. The van der Waals surface area contributed by atoms with E-state index in [9.17, 15) is 61.3 Å². The van der Waals surface area contributed by atoms with E-state index in [1.54, 1.807) is 0 Å². The zero-order valence-electron chi connectivity index (χ0n) is 31.7. The molecule has 0 aromatic rings. The monoisotopic (exact) mass is 745 g/mol. The molecule has 0 spiro atoms. The summed E-state index contributed by atoms with van der Waals surface area (Å²) in [7, 11) is 0. The van der Waals surface area contributed by atoms with Gasteiger partial charge < -0.3 is 61.3 Å². The van der Waals surface area contributed by atoms with Crippen LogP contribution in [0.1, 0.15) is 105 Å². The van der Waals surface area contributed by atoms with Gasteiger partial charge in [0.2, 0.25) is 0 Å². The van der Waals surface area contributed by atoms with Crippen LogP contribution in [0.2, 0.25) is 0 Å². The summed E-state index contributed by atoms with van der Waals surface area (Å²) in [5.74, 6) is -6.56. The van der Waals surface area contributed by atoms with E-state index >= 15 is 0 Å². The average Bonchev–Trinajstić information content (AvgIpc) is 3.12. The molecule has 0 radical (unpaired) electrons. The van der Waals surface area contributed by atoms with Gasteiger partial charge >= 0.3 is 0 Å². The Morgan fingerprint density at radius 1 is 0.250 bits per heavy atom. The summed E-state index contributed by atoms with van der Waals surface area (Å²) >= 11 is 0. The van der Waals surface area contributed by atoms with E-state index < -0.39 is 144 Å². The fraction of sp³-hybridized carbons (Fsp3) is 1.00. The van der Waals surface area contributed by atoms with Crippen molar-refractivity contribution >= 4 is 0 Å². The van der Waals surface area contributed by atoms with Gasteiger partial charge in [0.25, 0.3) is 0 Å². The van der Waals surface area contributed by atoms with Crippen molar-refractivity contribution in [2.45, 2.75) is 178 Å². The minimum absolute atomic E-state index is 0.263. The minimum Gasteiger partial charge on any atom is -0.390 e. The summed E-state index contributed by atoms with van der Waals surface area (Å²) in [4.78, 5) is 0. The Balaban J connectivity index is 1.73. The lowest BCUT2D eigenvalue weighted by Crippen LogP contribution is -2.63. The topological polar surface area (TPSA) is 243 Å². The fourth-order valence-electron chi connectivity index (χ4n) is 12.9. The van der Waals surface area contributed by atoms with Gasteiger partial charge in [0.15, 0.2) is 0 Å². The molecule has 52 heavy (non-hydrogen) atoms. The summed E-state index contributed by atoms with van der Waals surface area (Å²) in [5, 5.41) is 140. The molecule has 0 aromatic carbocycles. The van der Waals surface area contributed by atoms with Crippen LogP contribution in [0.4, 0.5) is 0 Å². The molecule has 5 rings (SSSR count). The lowest BCUT2D eigenvalue weighted by Gasteiger charge is -2.56. The highest BCUT2D eigenvalue weighted by atomic mass is 16.4. The molecule has 16 unspecified atom stereocenters. The van der Waals surface area contributed by atoms with E-state index in [1.807, 2.05) is 27.7 Å². The number of hydrogen-bond acceptors (Lipinski definition) is 12. The summed E-state index contributed by atoms with van der Waals surface area (Å²) in [5.41, 5.74) is 0. The number of hydrogen-bond donors (Lipinski definition) is 12. The summed E-state index contributed by atoms with van der Waals surface area (Å²) < 4.78 is 0.